The van der Waals surface area contributed by atoms with Crippen molar-refractivity contribution in [1.29, 1.82) is 5.26 Å². The number of amides is 2. The molecule has 1 aliphatic rings. The van der Waals surface area contributed by atoms with Crippen LogP contribution in [0.4, 0.5) is 4.79 Å². The summed E-state index contributed by atoms with van der Waals surface area (Å²) in [7, 11) is 1.54. The topological polar surface area (TPSA) is 93.9 Å². The molecule has 1 heterocycles. The molecule has 1 rings (SSSR count). The fraction of sp³-hybridized carbons (Fsp3) is 0.727. The number of carboxylic acids is 1. The van der Waals surface area contributed by atoms with E-state index in [-0.39, 0.29) is 25.5 Å². The predicted octanol–water partition coefficient (Wildman–Crippen LogP) is -0.0151. The van der Waals surface area contributed by atoms with Crippen LogP contribution in [0.5, 0.6) is 0 Å². The average molecular weight is 255 g/mol. The molecule has 2 amide bonds. The molecular weight excluding hydrogens is 238 g/mol. The van der Waals surface area contributed by atoms with Crippen LogP contribution in [-0.2, 0) is 9.53 Å². The standard InChI is InChI=1S/C11H17N3O4/c1-18-6-5-13(4-2-3-12)11(17)14-7-9(8-14)10(15)16/h9H,2,4-8H2,1H3,(H,15,16). The number of methoxy groups -OCH3 is 1. The van der Waals surface area contributed by atoms with Crippen molar-refractivity contribution in [2.45, 2.75) is 6.42 Å². The van der Waals surface area contributed by atoms with Crippen LogP contribution in [0.25, 0.3) is 0 Å². The number of likely N-dealkylation sites (tertiary alicyclic amines) is 1. The van der Waals surface area contributed by atoms with Gasteiger partial charge in [-0.3, -0.25) is 4.79 Å². The Kier molecular flexibility index (Phi) is 5.39. The van der Waals surface area contributed by atoms with Gasteiger partial charge in [-0.05, 0) is 0 Å². The number of nitrogens with zero attached hydrogens (tertiary/aromatic N) is 3. The van der Waals surface area contributed by atoms with Crippen molar-refractivity contribution in [1.82, 2.24) is 9.80 Å². The van der Waals surface area contributed by atoms with Crippen LogP contribution in [-0.4, -0.2) is 66.8 Å². The molecule has 0 aromatic heterocycles. The summed E-state index contributed by atoms with van der Waals surface area (Å²) in [5.41, 5.74) is 0. The van der Waals surface area contributed by atoms with Gasteiger partial charge in [0, 0.05) is 33.3 Å². The molecule has 0 spiro atoms. The highest BCUT2D eigenvalue weighted by molar-refractivity contribution is 5.79. The number of rotatable bonds is 6. The van der Waals surface area contributed by atoms with Crippen molar-refractivity contribution in [2.24, 2.45) is 5.92 Å². The summed E-state index contributed by atoms with van der Waals surface area (Å²) < 4.78 is 4.90. The van der Waals surface area contributed by atoms with Gasteiger partial charge in [-0.15, -0.1) is 0 Å². The number of hydrogen-bond donors (Lipinski definition) is 1. The van der Waals surface area contributed by atoms with E-state index in [4.69, 9.17) is 15.1 Å². The SMILES string of the molecule is COCCN(CCC#N)C(=O)N1CC(C(=O)O)C1. The number of nitriles is 1. The number of carbonyl (C=O) groups excluding carboxylic acids is 1. The third-order valence-corrected chi connectivity index (χ3v) is 2.83. The minimum Gasteiger partial charge on any atom is -0.481 e. The van der Waals surface area contributed by atoms with Gasteiger partial charge in [-0.25, -0.2) is 4.79 Å². The Balaban J connectivity index is 2.44. The number of urea groups is 1. The van der Waals surface area contributed by atoms with Crippen molar-refractivity contribution >= 4 is 12.0 Å². The number of carbonyl (C=O) groups is 2. The number of carboxylic acid groups (broad SMARTS) is 1. The van der Waals surface area contributed by atoms with Crippen molar-refractivity contribution in [3.8, 4) is 6.07 Å². The third-order valence-electron chi connectivity index (χ3n) is 2.83. The van der Waals surface area contributed by atoms with Crippen molar-refractivity contribution in [3.63, 3.8) is 0 Å². The minimum atomic E-state index is -0.875. The lowest BCUT2D eigenvalue weighted by atomic mass is 10.0. The summed E-state index contributed by atoms with van der Waals surface area (Å²) in [4.78, 5) is 25.6. The summed E-state index contributed by atoms with van der Waals surface area (Å²) >= 11 is 0. The summed E-state index contributed by atoms with van der Waals surface area (Å²) in [6, 6.07) is 1.76. The molecule has 0 unspecified atom stereocenters. The zero-order chi connectivity index (χ0) is 13.5. The van der Waals surface area contributed by atoms with Crippen LogP contribution < -0.4 is 0 Å². The Labute approximate surface area is 106 Å². The minimum absolute atomic E-state index is 0.222. The Morgan fingerprint density at radius 3 is 2.67 bits per heavy atom. The zero-order valence-corrected chi connectivity index (χ0v) is 10.3. The van der Waals surface area contributed by atoms with Gasteiger partial charge in [0.25, 0.3) is 0 Å². The van der Waals surface area contributed by atoms with Gasteiger partial charge in [0.1, 0.15) is 0 Å². The summed E-state index contributed by atoms with van der Waals surface area (Å²) in [6.07, 6.45) is 0.256. The van der Waals surface area contributed by atoms with Gasteiger partial charge in [-0.1, -0.05) is 0 Å². The van der Waals surface area contributed by atoms with E-state index in [1.807, 2.05) is 6.07 Å². The first-order valence-electron chi connectivity index (χ1n) is 5.72. The summed E-state index contributed by atoms with van der Waals surface area (Å²) in [5.74, 6) is -1.34. The van der Waals surface area contributed by atoms with Gasteiger partial charge in [0.2, 0.25) is 0 Å². The van der Waals surface area contributed by atoms with E-state index >= 15 is 0 Å². The van der Waals surface area contributed by atoms with E-state index in [9.17, 15) is 9.59 Å². The number of hydrogen-bond acceptors (Lipinski definition) is 4. The molecule has 100 valence electrons. The maximum Gasteiger partial charge on any atom is 0.320 e. The molecule has 0 aromatic carbocycles. The van der Waals surface area contributed by atoms with E-state index in [2.05, 4.69) is 0 Å². The van der Waals surface area contributed by atoms with Crippen LogP contribution in [0.3, 0.4) is 0 Å². The molecule has 1 fully saturated rings. The fourth-order valence-corrected chi connectivity index (χ4v) is 1.68. The van der Waals surface area contributed by atoms with Crippen LogP contribution in [0.2, 0.25) is 0 Å². The van der Waals surface area contributed by atoms with Gasteiger partial charge < -0.3 is 19.6 Å². The second kappa shape index (κ2) is 6.81. The van der Waals surface area contributed by atoms with Crippen LogP contribution in [0.1, 0.15) is 6.42 Å². The van der Waals surface area contributed by atoms with E-state index in [0.717, 1.165) is 0 Å². The molecule has 0 atom stereocenters. The normalized spacial score (nSPS) is 14.8. The Morgan fingerprint density at radius 1 is 1.50 bits per heavy atom. The smallest absolute Gasteiger partial charge is 0.320 e. The Hall–Kier alpha value is -1.81. The molecule has 1 N–H and O–H groups in total. The molecule has 7 nitrogen and oxygen atoms in total. The zero-order valence-electron chi connectivity index (χ0n) is 10.3. The van der Waals surface area contributed by atoms with Crippen molar-refractivity contribution < 1.29 is 19.4 Å². The van der Waals surface area contributed by atoms with E-state index in [1.165, 1.54) is 16.9 Å². The van der Waals surface area contributed by atoms with Gasteiger partial charge in [0.15, 0.2) is 0 Å². The second-order valence-corrected chi connectivity index (χ2v) is 4.11. The molecule has 18 heavy (non-hydrogen) atoms. The maximum absolute atomic E-state index is 12.0. The summed E-state index contributed by atoms with van der Waals surface area (Å²) in [6.45, 7) is 1.62. The monoisotopic (exact) mass is 255 g/mol. The highest BCUT2D eigenvalue weighted by atomic mass is 16.5. The molecule has 0 radical (unpaired) electrons. The molecule has 7 heteroatoms. The molecule has 0 saturated carbocycles. The fourth-order valence-electron chi connectivity index (χ4n) is 1.68. The van der Waals surface area contributed by atoms with E-state index in [0.29, 0.717) is 19.7 Å². The number of aliphatic carboxylic acids is 1. The van der Waals surface area contributed by atoms with E-state index < -0.39 is 11.9 Å². The lowest BCUT2D eigenvalue weighted by Crippen LogP contribution is -2.57. The first-order valence-corrected chi connectivity index (χ1v) is 5.72. The first-order chi connectivity index (χ1) is 8.60. The quantitative estimate of drug-likeness (QED) is 0.720. The van der Waals surface area contributed by atoms with Crippen LogP contribution in [0, 0.1) is 17.2 Å². The Bertz CT molecular complexity index is 347. The van der Waals surface area contributed by atoms with Gasteiger partial charge in [0.05, 0.1) is 25.0 Å². The van der Waals surface area contributed by atoms with Crippen LogP contribution in [0.15, 0.2) is 0 Å². The molecule has 0 bridgehead atoms. The summed E-state index contributed by atoms with van der Waals surface area (Å²) in [5, 5.41) is 17.3. The Morgan fingerprint density at radius 2 is 2.17 bits per heavy atom. The molecule has 0 aliphatic carbocycles. The second-order valence-electron chi connectivity index (χ2n) is 4.11. The highest BCUT2D eigenvalue weighted by Gasteiger charge is 2.37. The average Bonchev–Trinajstić information content (AvgIpc) is 2.26. The molecule has 0 aromatic rings. The van der Waals surface area contributed by atoms with Crippen molar-refractivity contribution in [3.05, 3.63) is 0 Å². The molecular formula is C11H17N3O4. The lowest BCUT2D eigenvalue weighted by Gasteiger charge is -2.39. The maximum atomic E-state index is 12.0. The molecule has 1 saturated heterocycles. The van der Waals surface area contributed by atoms with Crippen LogP contribution >= 0.6 is 0 Å². The third kappa shape index (κ3) is 3.60. The lowest BCUT2D eigenvalue weighted by molar-refractivity contribution is -0.146. The highest BCUT2D eigenvalue weighted by Crippen LogP contribution is 2.17. The largest absolute Gasteiger partial charge is 0.481 e. The number of ether oxygens (including phenoxy) is 1. The first kappa shape index (κ1) is 14.3. The van der Waals surface area contributed by atoms with E-state index in [1.54, 1.807) is 0 Å². The van der Waals surface area contributed by atoms with Gasteiger partial charge in [-0.2, -0.15) is 5.26 Å². The molecule has 1 aliphatic heterocycles. The van der Waals surface area contributed by atoms with Crippen molar-refractivity contribution in [2.75, 3.05) is 39.9 Å². The van der Waals surface area contributed by atoms with Gasteiger partial charge >= 0.3 is 12.0 Å². The predicted molar refractivity (Wildman–Crippen MR) is 61.8 cm³/mol.